The zero-order chi connectivity index (χ0) is 58.9. The maximum atomic E-state index is 14.5. The second-order valence-corrected chi connectivity index (χ2v) is 24.2. The standard InChI is InChI=1S/C26H26F2NO8PS.C16H11ClF2O5S.C10H16NO3P/c1-4-35-38(32,36-5-2)21-10-6-19(7-11-21)29-39(33,34)22-12-8-20(9-13-22)37-25-23(27)15-18(16-24(25)28)14-17(3)26(30)31;1-9(16(20)21)6-10-7-13(18)15(14(19)8-10)24-11-2-4-12(5-3-11)25(17,22)23;1-3-13-15(12,14-4-2)10-7-5-9(11)6-8-10/h6-16,29H,4-5H2,1-3H3,(H,30,31);2-8H,1H3,(H,20,21);5-8H,3-4,11H2,1-2H3/b17-14+;9-6+;. The predicted octanol–water partition coefficient (Wildman–Crippen LogP) is 12.3. The number of rotatable bonds is 22. The van der Waals surface area contributed by atoms with Crippen LogP contribution in [0.1, 0.15) is 52.7 Å². The Balaban J connectivity index is 0.000000286. The van der Waals surface area contributed by atoms with Crippen LogP contribution in [0.2, 0.25) is 0 Å². The molecule has 0 aliphatic rings. The number of carbonyl (C=O) groups is 2. The molecule has 0 aromatic heterocycles. The molecule has 0 saturated heterocycles. The lowest BCUT2D eigenvalue weighted by Gasteiger charge is -2.17. The van der Waals surface area contributed by atoms with Gasteiger partial charge in [0.1, 0.15) is 11.5 Å². The number of carboxylic acid groups (broad SMARTS) is 2. The van der Waals surface area contributed by atoms with E-state index in [2.05, 4.69) is 4.72 Å². The van der Waals surface area contributed by atoms with Crippen molar-refractivity contribution in [2.45, 2.75) is 51.3 Å². The minimum absolute atomic E-state index is 0.00334. The predicted molar refractivity (Wildman–Crippen MR) is 290 cm³/mol. The summed E-state index contributed by atoms with van der Waals surface area (Å²) in [6.45, 7) is 10.5. The largest absolute Gasteiger partial charge is 0.478 e. The zero-order valence-corrected chi connectivity index (χ0v) is 47.0. The molecule has 424 valence electrons. The number of sulfonamides is 1. The average Bonchev–Trinajstić information content (AvgIpc) is 3.37. The van der Waals surface area contributed by atoms with Gasteiger partial charge < -0.3 is 43.5 Å². The van der Waals surface area contributed by atoms with Gasteiger partial charge in [0.2, 0.25) is 0 Å². The Bertz CT molecular complexity index is 3440. The maximum Gasteiger partial charge on any atom is 0.361 e. The van der Waals surface area contributed by atoms with Crippen LogP contribution in [0.15, 0.2) is 142 Å². The van der Waals surface area contributed by atoms with Crippen molar-refractivity contribution in [3.05, 3.63) is 167 Å². The molecule has 0 aliphatic carbocycles. The third-order valence-electron chi connectivity index (χ3n) is 10.0. The van der Waals surface area contributed by atoms with Gasteiger partial charge in [0.25, 0.3) is 19.1 Å². The van der Waals surface area contributed by atoms with Crippen LogP contribution in [-0.4, -0.2) is 65.4 Å². The van der Waals surface area contributed by atoms with E-state index in [4.69, 9.17) is 54.2 Å². The van der Waals surface area contributed by atoms with Crippen LogP contribution in [0.4, 0.5) is 28.9 Å². The van der Waals surface area contributed by atoms with Gasteiger partial charge >= 0.3 is 27.1 Å². The summed E-state index contributed by atoms with van der Waals surface area (Å²) in [4.78, 5) is 21.3. The number of nitrogens with one attached hydrogen (secondary N) is 1. The SMILES string of the molecule is C/C(=C\c1cc(F)c(Oc2ccc(S(=O)(=O)Cl)cc2)c(F)c1)C(=O)O.CCOP(=O)(OCC)c1ccc(N)cc1.CCOP(=O)(OCC)c1ccc(NS(=O)(=O)c2ccc(Oc3c(F)cc(/C=C(\C)C(=O)O)cc3F)cc2)cc1. The molecule has 5 N–H and O–H groups in total. The Labute approximate surface area is 457 Å². The average molecular weight is 1200 g/mol. The van der Waals surface area contributed by atoms with Gasteiger partial charge in [0, 0.05) is 33.2 Å². The van der Waals surface area contributed by atoms with Crippen LogP contribution >= 0.6 is 25.9 Å². The first-order valence-corrected chi connectivity index (χ1v) is 30.1. The Morgan fingerprint density at radius 1 is 0.557 bits per heavy atom. The highest BCUT2D eigenvalue weighted by Crippen LogP contribution is 2.48. The third-order valence-corrected chi connectivity index (χ3v) is 17.0. The number of nitrogen functional groups attached to an aromatic ring is 1. The molecule has 0 aliphatic heterocycles. The Morgan fingerprint density at radius 2 is 0.873 bits per heavy atom. The van der Waals surface area contributed by atoms with E-state index in [1.54, 1.807) is 52.0 Å². The number of anilines is 2. The van der Waals surface area contributed by atoms with Crippen LogP contribution < -0.4 is 30.5 Å². The second-order valence-electron chi connectivity index (χ2n) is 15.9. The van der Waals surface area contributed by atoms with E-state index in [-0.39, 0.29) is 67.8 Å². The highest BCUT2D eigenvalue weighted by Gasteiger charge is 2.28. The van der Waals surface area contributed by atoms with Gasteiger partial charge in [0.05, 0.1) is 46.8 Å². The minimum atomic E-state index is -4.05. The Kier molecular flexibility index (Phi) is 23.6. The molecule has 0 fully saturated rings. The number of carboxylic acids is 2. The van der Waals surface area contributed by atoms with E-state index in [0.29, 0.717) is 24.2 Å². The number of benzene rings is 6. The number of nitrogens with two attached hydrogens (primary N) is 1. The molecule has 6 aromatic rings. The van der Waals surface area contributed by atoms with Crippen molar-refractivity contribution in [3.8, 4) is 23.0 Å². The Hall–Kier alpha value is -6.85. The summed E-state index contributed by atoms with van der Waals surface area (Å²) in [6, 6.07) is 25.5. The van der Waals surface area contributed by atoms with E-state index in [1.807, 2.05) is 0 Å². The summed E-state index contributed by atoms with van der Waals surface area (Å²) in [5.74, 6) is -8.15. The lowest BCUT2D eigenvalue weighted by atomic mass is 10.1. The van der Waals surface area contributed by atoms with Crippen molar-refractivity contribution >= 4 is 91.0 Å². The first-order valence-electron chi connectivity index (χ1n) is 23.2. The molecule has 0 unspecified atom stereocenters. The van der Waals surface area contributed by atoms with Crippen LogP contribution in [0.3, 0.4) is 0 Å². The first kappa shape index (κ1) is 64.7. The molecule has 6 aromatic carbocycles. The summed E-state index contributed by atoms with van der Waals surface area (Å²) in [5.41, 5.74) is 6.17. The summed E-state index contributed by atoms with van der Waals surface area (Å²) < 4.78 is 164. The number of aliphatic carboxylic acids is 2. The van der Waals surface area contributed by atoms with Crippen molar-refractivity contribution < 1.29 is 90.9 Å². The highest BCUT2D eigenvalue weighted by molar-refractivity contribution is 8.13. The molecule has 0 heterocycles. The number of halogens is 5. The minimum Gasteiger partial charge on any atom is -0.478 e. The van der Waals surface area contributed by atoms with Crippen LogP contribution in [0, 0.1) is 23.3 Å². The summed E-state index contributed by atoms with van der Waals surface area (Å²) in [5, 5.41) is 18.5. The molecular weight excluding hydrogens is 1150 g/mol. The summed E-state index contributed by atoms with van der Waals surface area (Å²) in [7, 11) is -9.48. The Morgan fingerprint density at radius 3 is 1.18 bits per heavy atom. The molecule has 18 nitrogen and oxygen atoms in total. The van der Waals surface area contributed by atoms with Crippen LogP contribution in [0.25, 0.3) is 12.2 Å². The molecule has 0 spiro atoms. The fourth-order valence-electron chi connectivity index (χ4n) is 6.37. The van der Waals surface area contributed by atoms with Crippen molar-refractivity contribution in [2.24, 2.45) is 0 Å². The van der Waals surface area contributed by atoms with E-state index >= 15 is 0 Å². The van der Waals surface area contributed by atoms with Crippen molar-refractivity contribution in [1.82, 2.24) is 0 Å². The topological polar surface area (TPSA) is 270 Å². The van der Waals surface area contributed by atoms with Gasteiger partial charge in [-0.2, -0.15) is 0 Å². The highest BCUT2D eigenvalue weighted by atomic mass is 35.7. The van der Waals surface area contributed by atoms with Gasteiger partial charge in [-0.3, -0.25) is 13.9 Å². The quantitative estimate of drug-likeness (QED) is 0.0162. The zero-order valence-electron chi connectivity index (χ0n) is 42.8. The van der Waals surface area contributed by atoms with Gasteiger partial charge in [0.15, 0.2) is 34.8 Å². The van der Waals surface area contributed by atoms with Gasteiger partial charge in [-0.1, -0.05) is 0 Å². The van der Waals surface area contributed by atoms with Gasteiger partial charge in [-0.15, -0.1) is 0 Å². The summed E-state index contributed by atoms with van der Waals surface area (Å²) >= 11 is 0. The van der Waals surface area contributed by atoms with Crippen LogP contribution in [0.5, 0.6) is 23.0 Å². The number of ether oxygens (including phenoxy) is 2. The summed E-state index contributed by atoms with van der Waals surface area (Å²) in [6.07, 6.45) is 2.22. The molecule has 27 heteroatoms. The molecule has 79 heavy (non-hydrogen) atoms. The van der Waals surface area contributed by atoms with Gasteiger partial charge in [-0.05, 0) is 186 Å². The lowest BCUT2D eigenvalue weighted by molar-refractivity contribution is -0.133. The van der Waals surface area contributed by atoms with Crippen molar-refractivity contribution in [3.63, 3.8) is 0 Å². The smallest absolute Gasteiger partial charge is 0.361 e. The first-order chi connectivity index (χ1) is 37.1. The van der Waals surface area contributed by atoms with Crippen molar-refractivity contribution in [2.75, 3.05) is 36.9 Å². The fourth-order valence-corrected chi connectivity index (χ4v) is 11.3. The molecule has 0 saturated carbocycles. The molecule has 6 rings (SSSR count). The molecule has 0 atom stereocenters. The lowest BCUT2D eigenvalue weighted by Crippen LogP contribution is -2.14. The molecule has 0 bridgehead atoms. The third kappa shape index (κ3) is 18.9. The number of hydrogen-bond donors (Lipinski definition) is 4. The molecular formula is C52H53ClF4N2O16P2S2. The molecule has 0 radical (unpaired) electrons. The van der Waals surface area contributed by atoms with Crippen LogP contribution in [-0.2, 0) is 55.9 Å². The van der Waals surface area contributed by atoms with Crippen molar-refractivity contribution in [1.29, 1.82) is 0 Å². The van der Waals surface area contributed by atoms with E-state index in [0.717, 1.165) is 48.6 Å². The molecule has 0 amide bonds. The number of hydrogen-bond acceptors (Lipinski definition) is 15. The maximum absolute atomic E-state index is 14.5. The fraction of sp³-hybridized carbons (Fsp3) is 0.192. The normalized spacial score (nSPS) is 12.1. The van der Waals surface area contributed by atoms with Gasteiger partial charge in [-0.25, -0.2) is 44.0 Å². The van der Waals surface area contributed by atoms with E-state index in [9.17, 15) is 53.1 Å². The monoisotopic (exact) mass is 1200 g/mol. The van der Waals surface area contributed by atoms with E-state index in [1.165, 1.54) is 74.5 Å². The van der Waals surface area contributed by atoms with E-state index < -0.39 is 81.0 Å². The second kappa shape index (κ2) is 28.9.